The molecule has 2 N–H and O–H groups in total. The second kappa shape index (κ2) is 8.90. The normalized spacial score (nSPS) is 10.4. The summed E-state index contributed by atoms with van der Waals surface area (Å²) in [4.78, 5) is 34.1. The van der Waals surface area contributed by atoms with Crippen molar-refractivity contribution < 1.29 is 19.2 Å². The van der Waals surface area contributed by atoms with Crippen LogP contribution in [0.1, 0.15) is 29.5 Å². The average Bonchev–Trinajstić information content (AvgIpc) is 3.04. The number of benzene rings is 1. The van der Waals surface area contributed by atoms with Gasteiger partial charge in [0.25, 0.3) is 11.6 Å². The second-order valence-electron chi connectivity index (χ2n) is 5.19. The van der Waals surface area contributed by atoms with E-state index >= 15 is 0 Å². The highest BCUT2D eigenvalue weighted by Crippen LogP contribution is 2.35. The Hall–Kier alpha value is -2.27. The monoisotopic (exact) mass is 488 g/mol. The first-order chi connectivity index (χ1) is 12.3. The highest BCUT2D eigenvalue weighted by molar-refractivity contribution is 9.11. The first kappa shape index (κ1) is 20.0. The van der Waals surface area contributed by atoms with Crippen molar-refractivity contribution in [3.05, 3.63) is 48.6 Å². The Kier molecular flexibility index (Phi) is 6.86. The number of nitro groups is 1. The van der Waals surface area contributed by atoms with Gasteiger partial charge in [0.2, 0.25) is 0 Å². The first-order valence-electron chi connectivity index (χ1n) is 7.46. The lowest BCUT2D eigenvalue weighted by Crippen LogP contribution is -2.21. The molecule has 1 aromatic heterocycles. The number of rotatable bonds is 7. The van der Waals surface area contributed by atoms with E-state index in [-0.39, 0.29) is 11.4 Å². The molecule has 26 heavy (non-hydrogen) atoms. The van der Waals surface area contributed by atoms with Gasteiger partial charge in [-0.1, -0.05) is 13.3 Å². The third kappa shape index (κ3) is 5.11. The largest absolute Gasteiger partial charge is 0.451 e. The fourth-order valence-corrected chi connectivity index (χ4v) is 3.39. The molecule has 1 heterocycles. The van der Waals surface area contributed by atoms with E-state index in [9.17, 15) is 19.7 Å². The summed E-state index contributed by atoms with van der Waals surface area (Å²) in [5.74, 6) is -1.32. The number of hydrogen-bond donors (Lipinski definition) is 2. The van der Waals surface area contributed by atoms with Crippen molar-refractivity contribution in [3.8, 4) is 0 Å². The van der Waals surface area contributed by atoms with Gasteiger partial charge in [-0.05, 0) is 44.3 Å². The van der Waals surface area contributed by atoms with Gasteiger partial charge >= 0.3 is 5.97 Å². The molecule has 2 aromatic rings. The molecule has 138 valence electrons. The third-order valence-corrected chi connectivity index (χ3v) is 4.45. The number of non-ortho nitro benzene ring substituents is 1. The summed E-state index contributed by atoms with van der Waals surface area (Å²) in [6.07, 6.45) is 1.65. The minimum atomic E-state index is -0.722. The van der Waals surface area contributed by atoms with Crippen LogP contribution in [0.4, 0.5) is 11.4 Å². The average molecular weight is 490 g/mol. The van der Waals surface area contributed by atoms with Crippen LogP contribution in [-0.2, 0) is 16.0 Å². The van der Waals surface area contributed by atoms with E-state index in [0.29, 0.717) is 14.6 Å². The predicted molar refractivity (Wildman–Crippen MR) is 100.0 cm³/mol. The molecule has 9 nitrogen and oxygen atoms in total. The smallest absolute Gasteiger partial charge is 0.359 e. The number of nitrogens with one attached hydrogen (secondary N) is 2. The standard InChI is InChI=1S/C15H14Br2N4O5/c1-2-3-8-4-12(20-19-8)15(23)26-7-13(22)18-14-10(16)5-9(21(24)25)6-11(14)17/h4-6H,2-3,7H2,1H3,(H,18,22)(H,19,20). The Labute approximate surface area is 164 Å². The molecule has 11 heteroatoms. The van der Waals surface area contributed by atoms with Gasteiger partial charge in [-0.15, -0.1) is 0 Å². The van der Waals surface area contributed by atoms with Gasteiger partial charge in [-0.2, -0.15) is 5.10 Å². The van der Waals surface area contributed by atoms with Crippen molar-refractivity contribution in [2.75, 3.05) is 11.9 Å². The Morgan fingerprint density at radius 3 is 2.54 bits per heavy atom. The molecule has 2 rings (SSSR count). The predicted octanol–water partition coefficient (Wildman–Crippen LogP) is 3.59. The van der Waals surface area contributed by atoms with Crippen LogP contribution >= 0.6 is 31.9 Å². The van der Waals surface area contributed by atoms with Crippen molar-refractivity contribution in [3.63, 3.8) is 0 Å². The topological polar surface area (TPSA) is 127 Å². The summed E-state index contributed by atoms with van der Waals surface area (Å²) < 4.78 is 5.55. The maximum Gasteiger partial charge on any atom is 0.359 e. The van der Waals surface area contributed by atoms with Gasteiger partial charge < -0.3 is 10.1 Å². The van der Waals surface area contributed by atoms with Crippen molar-refractivity contribution in [2.45, 2.75) is 19.8 Å². The molecule has 0 radical (unpaired) electrons. The van der Waals surface area contributed by atoms with E-state index in [0.717, 1.165) is 18.5 Å². The lowest BCUT2D eigenvalue weighted by atomic mass is 10.2. The molecule has 0 aliphatic rings. The number of anilines is 1. The molecule has 0 spiro atoms. The number of esters is 1. The second-order valence-corrected chi connectivity index (χ2v) is 6.90. The van der Waals surface area contributed by atoms with Crippen molar-refractivity contribution in [1.29, 1.82) is 0 Å². The number of carbonyl (C=O) groups excluding carboxylic acids is 2. The lowest BCUT2D eigenvalue weighted by Gasteiger charge is -2.09. The number of nitrogens with zero attached hydrogens (tertiary/aromatic N) is 2. The molecule has 1 amide bonds. The number of H-pyrrole nitrogens is 1. The van der Waals surface area contributed by atoms with Crippen LogP contribution < -0.4 is 5.32 Å². The van der Waals surface area contributed by atoms with Crippen LogP contribution in [0.2, 0.25) is 0 Å². The van der Waals surface area contributed by atoms with Crippen molar-refractivity contribution >= 4 is 55.1 Å². The van der Waals surface area contributed by atoms with Crippen LogP contribution in [0, 0.1) is 10.1 Å². The third-order valence-electron chi connectivity index (χ3n) is 3.20. The molecule has 0 bridgehead atoms. The quantitative estimate of drug-likeness (QED) is 0.347. The van der Waals surface area contributed by atoms with Crippen LogP contribution in [0.15, 0.2) is 27.1 Å². The van der Waals surface area contributed by atoms with E-state index in [4.69, 9.17) is 4.74 Å². The number of nitro benzene ring substituents is 1. The summed E-state index contributed by atoms with van der Waals surface area (Å²) in [7, 11) is 0. The van der Waals surface area contributed by atoms with Crippen LogP contribution in [0.3, 0.4) is 0 Å². The minimum absolute atomic E-state index is 0.0962. The molecule has 0 aliphatic heterocycles. The molecule has 0 unspecified atom stereocenters. The number of aromatic nitrogens is 2. The zero-order chi connectivity index (χ0) is 19.3. The first-order valence-corrected chi connectivity index (χ1v) is 9.05. The van der Waals surface area contributed by atoms with E-state index in [1.54, 1.807) is 6.07 Å². The maximum absolute atomic E-state index is 12.0. The van der Waals surface area contributed by atoms with E-state index < -0.39 is 23.4 Å². The molecule has 1 aromatic carbocycles. The number of halogens is 2. The summed E-state index contributed by atoms with van der Waals surface area (Å²) in [5.41, 5.74) is 1.05. The zero-order valence-electron chi connectivity index (χ0n) is 13.5. The molecule has 0 atom stereocenters. The Morgan fingerprint density at radius 2 is 1.96 bits per heavy atom. The molecular formula is C15H14Br2N4O5. The van der Waals surface area contributed by atoms with Gasteiger partial charge in [-0.25, -0.2) is 4.79 Å². The fraction of sp³-hybridized carbons (Fsp3) is 0.267. The summed E-state index contributed by atoms with van der Waals surface area (Å²) in [6, 6.07) is 4.09. The van der Waals surface area contributed by atoms with Crippen molar-refractivity contribution in [2.24, 2.45) is 0 Å². The molecule has 0 saturated carbocycles. The minimum Gasteiger partial charge on any atom is -0.451 e. The number of aryl methyl sites for hydroxylation is 1. The summed E-state index contributed by atoms with van der Waals surface area (Å²) in [5, 5.41) is 19.9. The van der Waals surface area contributed by atoms with E-state index in [1.807, 2.05) is 6.92 Å². The summed E-state index contributed by atoms with van der Waals surface area (Å²) in [6.45, 7) is 1.47. The van der Waals surface area contributed by atoms with Gasteiger partial charge in [0.15, 0.2) is 12.3 Å². The molecule has 0 aliphatic carbocycles. The fourth-order valence-electron chi connectivity index (χ4n) is 2.03. The van der Waals surface area contributed by atoms with Gasteiger partial charge in [0.1, 0.15) is 0 Å². The molecule has 0 fully saturated rings. The SMILES string of the molecule is CCCc1cc(C(=O)OCC(=O)Nc2c(Br)cc([N+](=O)[O-])cc2Br)n[nH]1. The number of ether oxygens (including phenoxy) is 1. The van der Waals surface area contributed by atoms with Gasteiger partial charge in [0, 0.05) is 26.8 Å². The Morgan fingerprint density at radius 1 is 1.31 bits per heavy atom. The number of aromatic amines is 1. The van der Waals surface area contributed by atoms with Gasteiger partial charge in [0.05, 0.1) is 10.6 Å². The highest BCUT2D eigenvalue weighted by atomic mass is 79.9. The Balaban J connectivity index is 1.96. The van der Waals surface area contributed by atoms with Crippen LogP contribution in [0.25, 0.3) is 0 Å². The van der Waals surface area contributed by atoms with E-state index in [1.165, 1.54) is 12.1 Å². The van der Waals surface area contributed by atoms with Crippen LogP contribution in [-0.4, -0.2) is 33.6 Å². The lowest BCUT2D eigenvalue weighted by molar-refractivity contribution is -0.385. The summed E-state index contributed by atoms with van der Waals surface area (Å²) >= 11 is 6.32. The van der Waals surface area contributed by atoms with E-state index in [2.05, 4.69) is 47.4 Å². The number of carbonyl (C=O) groups is 2. The number of hydrogen-bond acceptors (Lipinski definition) is 6. The zero-order valence-corrected chi connectivity index (χ0v) is 16.7. The maximum atomic E-state index is 12.0. The van der Waals surface area contributed by atoms with Crippen molar-refractivity contribution in [1.82, 2.24) is 10.2 Å². The van der Waals surface area contributed by atoms with Gasteiger partial charge in [-0.3, -0.25) is 20.0 Å². The van der Waals surface area contributed by atoms with Crippen LogP contribution in [0.5, 0.6) is 0 Å². The molecule has 0 saturated heterocycles. The Bertz CT molecular complexity index is 829. The number of amides is 1. The highest BCUT2D eigenvalue weighted by Gasteiger charge is 2.18. The molecular weight excluding hydrogens is 476 g/mol.